The van der Waals surface area contributed by atoms with Crippen LogP contribution < -0.4 is 15.2 Å². The van der Waals surface area contributed by atoms with Crippen molar-refractivity contribution < 1.29 is 13.2 Å². The number of nitrogens with two attached hydrogens (primary N) is 1. The SMILES string of the molecule is Cc1[nH]nc(S(=O)(=O)NCCOc2ccccc2)c1CN. The molecule has 1 aromatic carbocycles. The third kappa shape index (κ3) is 3.81. The third-order valence-corrected chi connectivity index (χ3v) is 4.33. The summed E-state index contributed by atoms with van der Waals surface area (Å²) in [6, 6.07) is 9.18. The number of nitrogens with one attached hydrogen (secondary N) is 2. The van der Waals surface area contributed by atoms with Crippen molar-refractivity contribution in [2.45, 2.75) is 18.5 Å². The standard InChI is InChI=1S/C13H18N4O3S/c1-10-12(9-14)13(17-16-10)21(18,19)15-7-8-20-11-5-3-2-4-6-11/h2-6,15H,7-9,14H2,1H3,(H,16,17). The van der Waals surface area contributed by atoms with Gasteiger partial charge in [-0.3, -0.25) is 5.10 Å². The summed E-state index contributed by atoms with van der Waals surface area (Å²) in [7, 11) is -3.69. The maximum atomic E-state index is 12.1. The Hall–Kier alpha value is -1.90. The predicted molar refractivity (Wildman–Crippen MR) is 78.3 cm³/mol. The number of aryl methyl sites for hydroxylation is 1. The summed E-state index contributed by atoms with van der Waals surface area (Å²) in [5.41, 5.74) is 6.69. The van der Waals surface area contributed by atoms with Crippen LogP contribution in [0.1, 0.15) is 11.3 Å². The van der Waals surface area contributed by atoms with Gasteiger partial charge in [0.1, 0.15) is 12.4 Å². The molecule has 7 nitrogen and oxygen atoms in total. The first kappa shape index (κ1) is 15.5. The van der Waals surface area contributed by atoms with Crippen LogP contribution in [0.25, 0.3) is 0 Å². The van der Waals surface area contributed by atoms with Gasteiger partial charge in [-0.2, -0.15) is 5.10 Å². The maximum absolute atomic E-state index is 12.1. The van der Waals surface area contributed by atoms with Crippen molar-refractivity contribution in [1.29, 1.82) is 0 Å². The van der Waals surface area contributed by atoms with E-state index in [1.165, 1.54) is 0 Å². The number of rotatable bonds is 7. The van der Waals surface area contributed by atoms with Gasteiger partial charge < -0.3 is 10.5 Å². The van der Waals surface area contributed by atoms with E-state index in [9.17, 15) is 8.42 Å². The summed E-state index contributed by atoms with van der Waals surface area (Å²) in [5.74, 6) is 0.690. The molecule has 114 valence electrons. The Morgan fingerprint density at radius 2 is 2.05 bits per heavy atom. The summed E-state index contributed by atoms with van der Waals surface area (Å²) >= 11 is 0. The molecule has 21 heavy (non-hydrogen) atoms. The molecule has 0 aliphatic heterocycles. The van der Waals surface area contributed by atoms with Crippen molar-refractivity contribution in [1.82, 2.24) is 14.9 Å². The normalized spacial score (nSPS) is 11.5. The Bertz CT molecular complexity index is 683. The lowest BCUT2D eigenvalue weighted by atomic mass is 10.3. The highest BCUT2D eigenvalue weighted by Crippen LogP contribution is 2.15. The Morgan fingerprint density at radius 3 is 2.71 bits per heavy atom. The van der Waals surface area contributed by atoms with E-state index in [0.29, 0.717) is 17.0 Å². The van der Waals surface area contributed by atoms with Gasteiger partial charge in [0.2, 0.25) is 0 Å². The second-order valence-corrected chi connectivity index (χ2v) is 6.08. The van der Waals surface area contributed by atoms with E-state index in [-0.39, 0.29) is 24.7 Å². The molecule has 2 rings (SSSR count). The van der Waals surface area contributed by atoms with Crippen molar-refractivity contribution in [3.05, 3.63) is 41.6 Å². The van der Waals surface area contributed by atoms with Crippen molar-refractivity contribution in [2.24, 2.45) is 5.73 Å². The van der Waals surface area contributed by atoms with Gasteiger partial charge >= 0.3 is 0 Å². The van der Waals surface area contributed by atoms with Gasteiger partial charge in [0.25, 0.3) is 10.0 Å². The fraction of sp³-hybridized carbons (Fsp3) is 0.308. The topological polar surface area (TPSA) is 110 Å². The Balaban J connectivity index is 1.92. The molecule has 4 N–H and O–H groups in total. The highest BCUT2D eigenvalue weighted by atomic mass is 32.2. The molecule has 0 aliphatic carbocycles. The second kappa shape index (κ2) is 6.70. The molecular weight excluding hydrogens is 292 g/mol. The van der Waals surface area contributed by atoms with Crippen LogP contribution in [0.4, 0.5) is 0 Å². The zero-order valence-electron chi connectivity index (χ0n) is 11.7. The Morgan fingerprint density at radius 1 is 1.33 bits per heavy atom. The van der Waals surface area contributed by atoms with Gasteiger partial charge in [-0.1, -0.05) is 18.2 Å². The molecule has 0 atom stereocenters. The minimum atomic E-state index is -3.69. The number of para-hydroxylation sites is 1. The van der Waals surface area contributed by atoms with Crippen LogP contribution in [0, 0.1) is 6.92 Å². The van der Waals surface area contributed by atoms with Crippen molar-refractivity contribution in [3.8, 4) is 5.75 Å². The van der Waals surface area contributed by atoms with Crippen LogP contribution in [0.5, 0.6) is 5.75 Å². The quantitative estimate of drug-likeness (QED) is 0.646. The number of benzene rings is 1. The highest BCUT2D eigenvalue weighted by molar-refractivity contribution is 7.89. The van der Waals surface area contributed by atoms with Gasteiger partial charge in [-0.05, 0) is 19.1 Å². The van der Waals surface area contributed by atoms with Crippen molar-refractivity contribution in [2.75, 3.05) is 13.2 Å². The van der Waals surface area contributed by atoms with Crippen LogP contribution >= 0.6 is 0 Å². The first-order chi connectivity index (χ1) is 10.0. The minimum Gasteiger partial charge on any atom is -0.492 e. The number of sulfonamides is 1. The Kier molecular flexibility index (Phi) is 4.94. The second-order valence-electron chi connectivity index (χ2n) is 4.40. The molecule has 0 bridgehead atoms. The maximum Gasteiger partial charge on any atom is 0.260 e. The number of hydrogen-bond acceptors (Lipinski definition) is 5. The van der Waals surface area contributed by atoms with Crippen molar-refractivity contribution >= 4 is 10.0 Å². The van der Waals surface area contributed by atoms with Gasteiger partial charge in [0.15, 0.2) is 5.03 Å². The molecule has 0 aliphatic rings. The molecule has 0 saturated carbocycles. The highest BCUT2D eigenvalue weighted by Gasteiger charge is 2.22. The fourth-order valence-corrected chi connectivity index (χ4v) is 3.04. The number of H-pyrrole nitrogens is 1. The van der Waals surface area contributed by atoms with E-state index in [1.54, 1.807) is 19.1 Å². The lowest BCUT2D eigenvalue weighted by Crippen LogP contribution is -2.29. The molecule has 8 heteroatoms. The third-order valence-electron chi connectivity index (χ3n) is 2.90. The number of hydrogen-bond donors (Lipinski definition) is 3. The molecule has 1 heterocycles. The largest absolute Gasteiger partial charge is 0.492 e. The smallest absolute Gasteiger partial charge is 0.260 e. The van der Waals surface area contributed by atoms with Crippen LogP contribution in [0.3, 0.4) is 0 Å². The number of ether oxygens (including phenoxy) is 1. The van der Waals surface area contributed by atoms with E-state index in [1.807, 2.05) is 18.2 Å². The number of aromatic nitrogens is 2. The molecule has 0 saturated heterocycles. The summed E-state index contributed by atoms with van der Waals surface area (Å²) in [6.45, 7) is 2.21. The minimum absolute atomic E-state index is 0.0535. The molecule has 0 radical (unpaired) electrons. The molecule has 0 fully saturated rings. The average molecular weight is 310 g/mol. The monoisotopic (exact) mass is 310 g/mol. The van der Waals surface area contributed by atoms with E-state index in [0.717, 1.165) is 0 Å². The van der Waals surface area contributed by atoms with Gasteiger partial charge in [0, 0.05) is 24.3 Å². The number of aromatic amines is 1. The molecular formula is C13H18N4O3S. The molecule has 2 aromatic rings. The first-order valence-electron chi connectivity index (χ1n) is 6.46. The molecule has 0 unspecified atom stereocenters. The van der Waals surface area contributed by atoms with Gasteiger partial charge in [-0.15, -0.1) is 0 Å². The zero-order chi connectivity index (χ0) is 15.3. The lowest BCUT2D eigenvalue weighted by Gasteiger charge is -2.08. The molecule has 0 spiro atoms. The van der Waals surface area contributed by atoms with Crippen LogP contribution in [-0.4, -0.2) is 31.8 Å². The summed E-state index contributed by atoms with van der Waals surface area (Å²) < 4.78 is 32.1. The van der Waals surface area contributed by atoms with E-state index < -0.39 is 10.0 Å². The van der Waals surface area contributed by atoms with Gasteiger partial charge in [0.05, 0.1) is 0 Å². The predicted octanol–water partition coefficient (Wildman–Crippen LogP) is 0.534. The van der Waals surface area contributed by atoms with Crippen molar-refractivity contribution in [3.63, 3.8) is 0 Å². The van der Waals surface area contributed by atoms with Crippen LogP contribution in [-0.2, 0) is 16.6 Å². The van der Waals surface area contributed by atoms with Crippen LogP contribution in [0.15, 0.2) is 35.4 Å². The van der Waals surface area contributed by atoms with E-state index >= 15 is 0 Å². The van der Waals surface area contributed by atoms with E-state index in [2.05, 4.69) is 14.9 Å². The number of nitrogens with zero attached hydrogens (tertiary/aromatic N) is 1. The summed E-state index contributed by atoms with van der Waals surface area (Å²) in [5, 5.41) is 6.38. The van der Waals surface area contributed by atoms with Gasteiger partial charge in [-0.25, -0.2) is 13.1 Å². The average Bonchev–Trinajstić information content (AvgIpc) is 2.86. The molecule has 1 aromatic heterocycles. The summed E-state index contributed by atoms with van der Waals surface area (Å²) in [4.78, 5) is 0. The lowest BCUT2D eigenvalue weighted by molar-refractivity contribution is 0.323. The Labute approximate surface area is 123 Å². The molecule has 0 amide bonds. The van der Waals surface area contributed by atoms with E-state index in [4.69, 9.17) is 10.5 Å². The zero-order valence-corrected chi connectivity index (χ0v) is 12.5. The summed E-state index contributed by atoms with van der Waals surface area (Å²) in [6.07, 6.45) is 0. The first-order valence-corrected chi connectivity index (χ1v) is 7.94. The fourth-order valence-electron chi connectivity index (χ4n) is 1.82. The van der Waals surface area contributed by atoms with Crippen LogP contribution in [0.2, 0.25) is 0 Å².